The summed E-state index contributed by atoms with van der Waals surface area (Å²) in [6.45, 7) is 4.98. The van der Waals surface area contributed by atoms with Crippen LogP contribution in [0.5, 0.6) is 0 Å². The van der Waals surface area contributed by atoms with Gasteiger partial charge in [0.1, 0.15) is 5.54 Å². The van der Waals surface area contributed by atoms with Crippen molar-refractivity contribution in [3.63, 3.8) is 0 Å². The first kappa shape index (κ1) is 12.8. The van der Waals surface area contributed by atoms with Crippen LogP contribution in [-0.4, -0.2) is 36.7 Å². The highest BCUT2D eigenvalue weighted by Gasteiger charge is 2.30. The number of hydrogen-bond donors (Lipinski definition) is 0. The summed E-state index contributed by atoms with van der Waals surface area (Å²) in [7, 11) is 0. The lowest BCUT2D eigenvalue weighted by atomic mass is 9.99. The minimum absolute atomic E-state index is 0.556. The lowest BCUT2D eigenvalue weighted by Gasteiger charge is -2.36. The van der Waals surface area contributed by atoms with Crippen molar-refractivity contribution in [2.75, 3.05) is 26.3 Å². The minimum Gasteiger partial charge on any atom is -0.379 e. The standard InChI is InChI=1S/C15H18N2O/c1-15(13-16,17-9-11-18-12-10-17)8-7-14-5-3-2-4-6-14/h2-8H,9-12H2,1H3/b8-7+. The topological polar surface area (TPSA) is 36.3 Å². The van der Waals surface area contributed by atoms with Crippen LogP contribution in [0.3, 0.4) is 0 Å². The molecule has 3 nitrogen and oxygen atoms in total. The first-order chi connectivity index (χ1) is 8.74. The lowest BCUT2D eigenvalue weighted by molar-refractivity contribution is 0.0142. The van der Waals surface area contributed by atoms with Crippen LogP contribution in [0.15, 0.2) is 36.4 Å². The van der Waals surface area contributed by atoms with Gasteiger partial charge < -0.3 is 4.74 Å². The van der Waals surface area contributed by atoms with Crippen molar-refractivity contribution < 1.29 is 4.74 Å². The smallest absolute Gasteiger partial charge is 0.125 e. The van der Waals surface area contributed by atoms with Crippen molar-refractivity contribution in [1.29, 1.82) is 5.26 Å². The largest absolute Gasteiger partial charge is 0.379 e. The fourth-order valence-electron chi connectivity index (χ4n) is 2.06. The van der Waals surface area contributed by atoms with Crippen molar-refractivity contribution in [3.05, 3.63) is 42.0 Å². The number of nitriles is 1. The van der Waals surface area contributed by atoms with Gasteiger partial charge >= 0.3 is 0 Å². The number of nitrogens with zero attached hydrogens (tertiary/aromatic N) is 2. The van der Waals surface area contributed by atoms with E-state index in [1.54, 1.807) is 0 Å². The summed E-state index contributed by atoms with van der Waals surface area (Å²) < 4.78 is 5.33. The number of morpholine rings is 1. The predicted molar refractivity (Wildman–Crippen MR) is 71.9 cm³/mol. The van der Waals surface area contributed by atoms with Gasteiger partial charge in [-0.05, 0) is 18.6 Å². The Hall–Kier alpha value is -1.63. The van der Waals surface area contributed by atoms with Crippen LogP contribution in [0.2, 0.25) is 0 Å². The molecule has 2 rings (SSSR count). The average molecular weight is 242 g/mol. The first-order valence-electron chi connectivity index (χ1n) is 6.23. The molecular formula is C15H18N2O. The van der Waals surface area contributed by atoms with Gasteiger partial charge in [0, 0.05) is 13.1 Å². The Bertz CT molecular complexity index is 443. The molecular weight excluding hydrogens is 224 g/mol. The SMILES string of the molecule is CC(C#N)(/C=C/c1ccccc1)N1CCOCC1. The summed E-state index contributed by atoms with van der Waals surface area (Å²) in [6.07, 6.45) is 3.99. The third-order valence-corrected chi connectivity index (χ3v) is 3.29. The normalized spacial score (nSPS) is 20.4. The van der Waals surface area contributed by atoms with E-state index in [0.717, 1.165) is 18.7 Å². The van der Waals surface area contributed by atoms with Crippen LogP contribution in [0.4, 0.5) is 0 Å². The summed E-state index contributed by atoms with van der Waals surface area (Å²) in [5.74, 6) is 0. The molecule has 18 heavy (non-hydrogen) atoms. The Kier molecular flexibility index (Phi) is 4.14. The fraction of sp³-hybridized carbons (Fsp3) is 0.400. The summed E-state index contributed by atoms with van der Waals surface area (Å²) in [4.78, 5) is 2.16. The fourth-order valence-corrected chi connectivity index (χ4v) is 2.06. The maximum atomic E-state index is 9.43. The van der Waals surface area contributed by atoms with Crippen molar-refractivity contribution >= 4 is 6.08 Å². The first-order valence-corrected chi connectivity index (χ1v) is 6.23. The minimum atomic E-state index is -0.556. The molecule has 0 N–H and O–H groups in total. The molecule has 1 aliphatic heterocycles. The maximum absolute atomic E-state index is 9.43. The third kappa shape index (κ3) is 2.98. The Morgan fingerprint density at radius 2 is 1.94 bits per heavy atom. The molecule has 0 radical (unpaired) electrons. The van der Waals surface area contributed by atoms with Gasteiger partial charge in [0.2, 0.25) is 0 Å². The second-order valence-corrected chi connectivity index (χ2v) is 4.60. The molecule has 0 aliphatic carbocycles. The second kappa shape index (κ2) is 5.81. The summed E-state index contributed by atoms with van der Waals surface area (Å²) in [5, 5.41) is 9.43. The van der Waals surface area contributed by atoms with Crippen LogP contribution in [0.1, 0.15) is 12.5 Å². The Morgan fingerprint density at radius 1 is 1.28 bits per heavy atom. The Labute approximate surface area is 108 Å². The molecule has 0 bridgehead atoms. The average Bonchev–Trinajstić information content (AvgIpc) is 2.47. The number of ether oxygens (including phenoxy) is 1. The molecule has 1 heterocycles. The van der Waals surface area contributed by atoms with E-state index in [4.69, 9.17) is 4.74 Å². The lowest BCUT2D eigenvalue weighted by Crippen LogP contribution is -2.49. The molecule has 0 amide bonds. The van der Waals surface area contributed by atoms with Gasteiger partial charge in [-0.25, -0.2) is 0 Å². The molecule has 94 valence electrons. The van der Waals surface area contributed by atoms with E-state index in [-0.39, 0.29) is 0 Å². The molecule has 0 saturated carbocycles. The highest BCUT2D eigenvalue weighted by Crippen LogP contribution is 2.19. The maximum Gasteiger partial charge on any atom is 0.125 e. The zero-order valence-corrected chi connectivity index (χ0v) is 10.7. The van der Waals surface area contributed by atoms with E-state index in [0.29, 0.717) is 13.2 Å². The Balaban J connectivity index is 2.12. The predicted octanol–water partition coefficient (Wildman–Crippen LogP) is 2.31. The van der Waals surface area contributed by atoms with Crippen LogP contribution < -0.4 is 0 Å². The molecule has 1 aliphatic rings. The molecule has 1 aromatic rings. The monoisotopic (exact) mass is 242 g/mol. The van der Waals surface area contributed by atoms with E-state index < -0.39 is 5.54 Å². The quantitative estimate of drug-likeness (QED) is 0.816. The van der Waals surface area contributed by atoms with Crippen molar-refractivity contribution in [2.45, 2.75) is 12.5 Å². The summed E-state index contributed by atoms with van der Waals surface area (Å²) >= 11 is 0. The number of hydrogen-bond acceptors (Lipinski definition) is 3. The van der Waals surface area contributed by atoms with E-state index in [2.05, 4.69) is 11.0 Å². The molecule has 1 saturated heterocycles. The zero-order valence-electron chi connectivity index (χ0n) is 10.7. The van der Waals surface area contributed by atoms with Gasteiger partial charge in [0.15, 0.2) is 0 Å². The number of benzene rings is 1. The van der Waals surface area contributed by atoms with Crippen LogP contribution in [-0.2, 0) is 4.74 Å². The second-order valence-electron chi connectivity index (χ2n) is 4.60. The van der Waals surface area contributed by atoms with Crippen molar-refractivity contribution in [3.8, 4) is 6.07 Å². The van der Waals surface area contributed by atoms with E-state index in [1.807, 2.05) is 49.4 Å². The van der Waals surface area contributed by atoms with Gasteiger partial charge in [-0.15, -0.1) is 0 Å². The van der Waals surface area contributed by atoms with Crippen LogP contribution >= 0.6 is 0 Å². The number of rotatable bonds is 3. The highest BCUT2D eigenvalue weighted by molar-refractivity contribution is 5.51. The summed E-state index contributed by atoms with van der Waals surface area (Å²) in [6, 6.07) is 12.5. The van der Waals surface area contributed by atoms with Gasteiger partial charge in [0.05, 0.1) is 19.3 Å². The highest BCUT2D eigenvalue weighted by atomic mass is 16.5. The van der Waals surface area contributed by atoms with E-state index in [1.165, 1.54) is 0 Å². The summed E-state index contributed by atoms with van der Waals surface area (Å²) in [5.41, 5.74) is 0.562. The van der Waals surface area contributed by atoms with Crippen LogP contribution in [0, 0.1) is 11.3 Å². The molecule has 1 unspecified atom stereocenters. The Morgan fingerprint density at radius 3 is 2.56 bits per heavy atom. The molecule has 0 aromatic heterocycles. The molecule has 0 spiro atoms. The van der Waals surface area contributed by atoms with Gasteiger partial charge in [-0.3, -0.25) is 4.90 Å². The third-order valence-electron chi connectivity index (χ3n) is 3.29. The van der Waals surface area contributed by atoms with E-state index >= 15 is 0 Å². The van der Waals surface area contributed by atoms with Crippen LogP contribution in [0.25, 0.3) is 6.08 Å². The molecule has 1 atom stereocenters. The van der Waals surface area contributed by atoms with Crippen molar-refractivity contribution in [2.24, 2.45) is 0 Å². The van der Waals surface area contributed by atoms with Gasteiger partial charge in [-0.2, -0.15) is 5.26 Å². The molecule has 1 aromatic carbocycles. The van der Waals surface area contributed by atoms with E-state index in [9.17, 15) is 5.26 Å². The molecule has 3 heteroatoms. The van der Waals surface area contributed by atoms with Gasteiger partial charge in [0.25, 0.3) is 0 Å². The zero-order chi connectivity index (χ0) is 12.8. The van der Waals surface area contributed by atoms with Crippen molar-refractivity contribution in [1.82, 2.24) is 4.90 Å². The van der Waals surface area contributed by atoms with Gasteiger partial charge in [-0.1, -0.05) is 36.4 Å². The molecule has 1 fully saturated rings.